The highest BCUT2D eigenvalue weighted by atomic mass is 79.9. The van der Waals surface area contributed by atoms with Gasteiger partial charge in [0.1, 0.15) is 10.7 Å². The molecule has 0 saturated carbocycles. The van der Waals surface area contributed by atoms with Gasteiger partial charge in [-0.1, -0.05) is 29.8 Å². The summed E-state index contributed by atoms with van der Waals surface area (Å²) in [4.78, 5) is 0. The van der Waals surface area contributed by atoms with E-state index in [0.717, 1.165) is 20.3 Å². The molecule has 2 aromatic rings. The third-order valence-electron chi connectivity index (χ3n) is 3.04. The summed E-state index contributed by atoms with van der Waals surface area (Å²) in [6.07, 6.45) is 0. The van der Waals surface area contributed by atoms with Crippen LogP contribution in [-0.4, -0.2) is 4.57 Å². The Morgan fingerprint density at radius 1 is 1.16 bits per heavy atom. The van der Waals surface area contributed by atoms with Crippen LogP contribution in [0.3, 0.4) is 0 Å². The molecule has 0 aliphatic heterocycles. The Morgan fingerprint density at radius 2 is 1.74 bits per heavy atom. The molecule has 1 aromatic heterocycles. The van der Waals surface area contributed by atoms with E-state index in [0.29, 0.717) is 5.56 Å². The molecule has 98 valence electrons. The fourth-order valence-electron chi connectivity index (χ4n) is 2.11. The Morgan fingerprint density at radius 3 is 2.21 bits per heavy atom. The first-order valence-electron chi connectivity index (χ1n) is 6.03. The third-order valence-corrected chi connectivity index (χ3v) is 5.13. The van der Waals surface area contributed by atoms with E-state index < -0.39 is 0 Å². The highest BCUT2D eigenvalue weighted by Gasteiger charge is 2.22. The summed E-state index contributed by atoms with van der Waals surface area (Å²) in [5.41, 5.74) is 3.89. The van der Waals surface area contributed by atoms with Gasteiger partial charge in [-0.25, -0.2) is 0 Å². The van der Waals surface area contributed by atoms with Gasteiger partial charge in [-0.15, -0.1) is 0 Å². The van der Waals surface area contributed by atoms with Gasteiger partial charge in [0, 0.05) is 6.04 Å². The molecule has 0 amide bonds. The maximum absolute atomic E-state index is 9.42. The summed E-state index contributed by atoms with van der Waals surface area (Å²) in [6, 6.07) is 10.8. The van der Waals surface area contributed by atoms with Gasteiger partial charge in [-0.05, 0) is 58.2 Å². The molecule has 0 radical (unpaired) electrons. The molecular formula is C15H14Br2N2. The molecule has 4 heteroatoms. The maximum Gasteiger partial charge on any atom is 0.103 e. The molecule has 0 unspecified atom stereocenters. The van der Waals surface area contributed by atoms with Crippen LogP contribution in [0.5, 0.6) is 0 Å². The van der Waals surface area contributed by atoms with E-state index >= 15 is 0 Å². The van der Waals surface area contributed by atoms with Crippen LogP contribution >= 0.6 is 31.9 Å². The molecule has 0 saturated heterocycles. The predicted octanol–water partition coefficient (Wildman–Crippen LogP) is 5.44. The van der Waals surface area contributed by atoms with E-state index in [2.05, 4.69) is 87.5 Å². The smallest absolute Gasteiger partial charge is 0.103 e. The van der Waals surface area contributed by atoms with Crippen LogP contribution in [-0.2, 0) is 0 Å². The average Bonchev–Trinajstić information content (AvgIpc) is 2.63. The number of hydrogen-bond acceptors (Lipinski definition) is 1. The van der Waals surface area contributed by atoms with Gasteiger partial charge < -0.3 is 4.57 Å². The first kappa shape index (κ1) is 14.4. The molecule has 0 atom stereocenters. The minimum absolute atomic E-state index is 0.268. The Kier molecular flexibility index (Phi) is 4.17. The lowest BCUT2D eigenvalue weighted by Gasteiger charge is -2.15. The maximum atomic E-state index is 9.42. The molecule has 0 fully saturated rings. The zero-order valence-corrected chi connectivity index (χ0v) is 14.2. The van der Waals surface area contributed by atoms with Crippen molar-refractivity contribution in [2.45, 2.75) is 26.8 Å². The zero-order chi connectivity index (χ0) is 14.2. The van der Waals surface area contributed by atoms with Crippen molar-refractivity contribution in [3.05, 3.63) is 44.5 Å². The van der Waals surface area contributed by atoms with E-state index in [1.165, 1.54) is 5.56 Å². The molecule has 19 heavy (non-hydrogen) atoms. The fourth-order valence-corrected chi connectivity index (χ4v) is 3.37. The number of hydrogen-bond donors (Lipinski definition) is 0. The monoisotopic (exact) mass is 380 g/mol. The summed E-state index contributed by atoms with van der Waals surface area (Å²) >= 11 is 7.07. The third kappa shape index (κ3) is 2.50. The molecule has 1 heterocycles. The quantitative estimate of drug-likeness (QED) is 0.680. The molecule has 0 aliphatic rings. The number of aryl methyl sites for hydroxylation is 1. The van der Waals surface area contributed by atoms with Crippen molar-refractivity contribution in [2.75, 3.05) is 0 Å². The molecule has 0 aliphatic carbocycles. The van der Waals surface area contributed by atoms with Gasteiger partial charge in [-0.2, -0.15) is 5.26 Å². The average molecular weight is 382 g/mol. The number of benzene rings is 1. The number of halogens is 2. The van der Waals surface area contributed by atoms with E-state index in [1.807, 2.05) is 0 Å². The summed E-state index contributed by atoms with van der Waals surface area (Å²) < 4.78 is 3.86. The molecule has 0 N–H and O–H groups in total. The standard InChI is InChI=1S/C15H14Br2N2/c1-9(2)19-14(11-6-4-10(3)5-7-11)12(8-18)13(16)15(19)17/h4-7,9H,1-3H3. The van der Waals surface area contributed by atoms with Crippen molar-refractivity contribution < 1.29 is 0 Å². The minimum Gasteiger partial charge on any atom is -0.331 e. The first-order chi connectivity index (χ1) is 8.97. The first-order valence-corrected chi connectivity index (χ1v) is 7.62. The second-order valence-electron chi connectivity index (χ2n) is 4.77. The van der Waals surface area contributed by atoms with Gasteiger partial charge in [0.25, 0.3) is 0 Å². The van der Waals surface area contributed by atoms with Gasteiger partial charge in [0.15, 0.2) is 0 Å². The minimum atomic E-state index is 0.268. The van der Waals surface area contributed by atoms with Gasteiger partial charge in [0.05, 0.1) is 15.7 Å². The lowest BCUT2D eigenvalue weighted by molar-refractivity contribution is 0.598. The second kappa shape index (κ2) is 5.52. The molecule has 0 spiro atoms. The summed E-state index contributed by atoms with van der Waals surface area (Å²) in [5, 5.41) is 9.42. The second-order valence-corrected chi connectivity index (χ2v) is 6.31. The van der Waals surface area contributed by atoms with Gasteiger partial charge in [0.2, 0.25) is 0 Å². The van der Waals surface area contributed by atoms with Crippen LogP contribution in [0.25, 0.3) is 11.3 Å². The number of aromatic nitrogens is 1. The summed E-state index contributed by atoms with van der Waals surface area (Å²) in [6.45, 7) is 6.27. The van der Waals surface area contributed by atoms with E-state index in [-0.39, 0.29) is 6.04 Å². The van der Waals surface area contributed by atoms with Crippen molar-refractivity contribution in [3.63, 3.8) is 0 Å². The van der Waals surface area contributed by atoms with E-state index in [1.54, 1.807) is 0 Å². The molecule has 1 aromatic carbocycles. The van der Waals surface area contributed by atoms with E-state index in [4.69, 9.17) is 0 Å². The zero-order valence-electron chi connectivity index (χ0n) is 11.0. The van der Waals surface area contributed by atoms with Crippen molar-refractivity contribution >= 4 is 31.9 Å². The predicted molar refractivity (Wildman–Crippen MR) is 85.1 cm³/mol. The number of nitrogens with zero attached hydrogens (tertiary/aromatic N) is 2. The number of nitriles is 1. The Hall–Kier alpha value is -1.05. The molecular weight excluding hydrogens is 368 g/mol. The largest absolute Gasteiger partial charge is 0.331 e. The number of rotatable bonds is 2. The van der Waals surface area contributed by atoms with Crippen LogP contribution in [0.1, 0.15) is 31.0 Å². The van der Waals surface area contributed by atoms with Crippen LogP contribution in [0.2, 0.25) is 0 Å². The van der Waals surface area contributed by atoms with Crippen molar-refractivity contribution in [1.82, 2.24) is 4.57 Å². The normalized spacial score (nSPS) is 10.8. The van der Waals surface area contributed by atoms with Crippen LogP contribution < -0.4 is 0 Å². The highest BCUT2D eigenvalue weighted by Crippen LogP contribution is 2.40. The summed E-state index contributed by atoms with van der Waals surface area (Å²) in [7, 11) is 0. The van der Waals surface area contributed by atoms with Crippen LogP contribution in [0, 0.1) is 18.3 Å². The van der Waals surface area contributed by atoms with Gasteiger partial charge >= 0.3 is 0 Å². The Balaban J connectivity index is 2.78. The lowest BCUT2D eigenvalue weighted by atomic mass is 10.1. The Bertz CT molecular complexity index is 646. The van der Waals surface area contributed by atoms with Crippen molar-refractivity contribution in [1.29, 1.82) is 5.26 Å². The van der Waals surface area contributed by atoms with E-state index in [9.17, 15) is 5.26 Å². The highest BCUT2D eigenvalue weighted by molar-refractivity contribution is 9.13. The molecule has 0 bridgehead atoms. The van der Waals surface area contributed by atoms with Crippen LogP contribution in [0.15, 0.2) is 33.3 Å². The Labute approximate surface area is 130 Å². The molecule has 2 nitrogen and oxygen atoms in total. The lowest BCUT2D eigenvalue weighted by Crippen LogP contribution is -2.03. The van der Waals surface area contributed by atoms with Crippen molar-refractivity contribution in [3.8, 4) is 17.3 Å². The van der Waals surface area contributed by atoms with Crippen LogP contribution in [0.4, 0.5) is 0 Å². The summed E-state index contributed by atoms with van der Waals surface area (Å²) in [5.74, 6) is 0. The van der Waals surface area contributed by atoms with Crippen molar-refractivity contribution in [2.24, 2.45) is 0 Å². The SMILES string of the molecule is Cc1ccc(-c2c(C#N)c(Br)c(Br)n2C(C)C)cc1. The topological polar surface area (TPSA) is 28.7 Å². The van der Waals surface area contributed by atoms with Gasteiger partial charge in [-0.3, -0.25) is 0 Å². The fraction of sp³-hybridized carbons (Fsp3) is 0.267. The molecule has 2 rings (SSSR count).